The highest BCUT2D eigenvalue weighted by atomic mass is 16.4. The molecule has 0 atom stereocenters. The Kier molecular flexibility index (Phi) is 4.65. The van der Waals surface area contributed by atoms with Crippen molar-refractivity contribution in [2.24, 2.45) is 0 Å². The van der Waals surface area contributed by atoms with E-state index in [9.17, 15) is 9.90 Å². The van der Waals surface area contributed by atoms with Crippen molar-refractivity contribution in [2.45, 2.75) is 19.5 Å². The molecular formula is C23H21N5O2. The first-order valence-corrected chi connectivity index (χ1v) is 9.89. The molecule has 1 aliphatic rings. The quantitative estimate of drug-likeness (QED) is 0.475. The van der Waals surface area contributed by atoms with Gasteiger partial charge >= 0.3 is 5.97 Å². The Morgan fingerprint density at radius 2 is 1.73 bits per heavy atom. The smallest absolute Gasteiger partial charge is 0.354 e. The van der Waals surface area contributed by atoms with Gasteiger partial charge in [0, 0.05) is 48.4 Å². The zero-order valence-corrected chi connectivity index (χ0v) is 16.3. The van der Waals surface area contributed by atoms with Crippen LogP contribution in [-0.2, 0) is 19.5 Å². The zero-order valence-electron chi connectivity index (χ0n) is 16.3. The lowest BCUT2D eigenvalue weighted by Gasteiger charge is -2.26. The minimum Gasteiger partial charge on any atom is -0.477 e. The lowest BCUT2D eigenvalue weighted by Crippen LogP contribution is -2.30. The summed E-state index contributed by atoms with van der Waals surface area (Å²) in [6.07, 6.45) is 2.45. The maximum Gasteiger partial charge on any atom is 0.354 e. The van der Waals surface area contributed by atoms with Crippen LogP contribution < -0.4 is 0 Å². The maximum absolute atomic E-state index is 11.3. The first kappa shape index (κ1) is 18.3. The fourth-order valence-electron chi connectivity index (χ4n) is 4.03. The van der Waals surface area contributed by atoms with Gasteiger partial charge in [0.25, 0.3) is 0 Å². The molecule has 3 N–H and O–H groups in total. The number of aromatic nitrogens is 4. The number of carboxylic acids is 1. The van der Waals surface area contributed by atoms with Crippen LogP contribution in [0, 0.1) is 0 Å². The van der Waals surface area contributed by atoms with Crippen molar-refractivity contribution < 1.29 is 9.90 Å². The molecule has 0 aliphatic carbocycles. The van der Waals surface area contributed by atoms with Gasteiger partial charge in [0.05, 0.1) is 11.9 Å². The summed E-state index contributed by atoms with van der Waals surface area (Å²) in [7, 11) is 0. The molecule has 7 nitrogen and oxygen atoms in total. The highest BCUT2D eigenvalue weighted by molar-refractivity contribution is 5.86. The van der Waals surface area contributed by atoms with E-state index in [1.807, 2.05) is 18.2 Å². The highest BCUT2D eigenvalue weighted by Crippen LogP contribution is 2.30. The predicted molar refractivity (Wildman–Crippen MR) is 113 cm³/mol. The number of aromatic carboxylic acids is 1. The predicted octanol–water partition coefficient (Wildman–Crippen LogP) is 3.72. The molecule has 0 saturated carbocycles. The molecule has 5 rings (SSSR count). The van der Waals surface area contributed by atoms with Crippen LogP contribution >= 0.6 is 0 Å². The first-order chi connectivity index (χ1) is 14.7. The van der Waals surface area contributed by atoms with Gasteiger partial charge in [0.15, 0.2) is 0 Å². The molecule has 7 heteroatoms. The van der Waals surface area contributed by atoms with Crippen molar-refractivity contribution in [3.8, 4) is 22.4 Å². The summed E-state index contributed by atoms with van der Waals surface area (Å²) in [5, 5.41) is 23.5. The Hall–Kier alpha value is -3.71. The first-order valence-electron chi connectivity index (χ1n) is 9.89. The topological polar surface area (TPSA) is 97.9 Å². The van der Waals surface area contributed by atoms with E-state index in [4.69, 9.17) is 0 Å². The minimum atomic E-state index is -0.984. The summed E-state index contributed by atoms with van der Waals surface area (Å²) in [5.74, 6) is -0.984. The van der Waals surface area contributed by atoms with Gasteiger partial charge < -0.3 is 5.11 Å². The number of carbonyl (C=O) groups is 1. The molecule has 0 bridgehead atoms. The van der Waals surface area contributed by atoms with Gasteiger partial charge in [-0.2, -0.15) is 10.2 Å². The normalized spacial score (nSPS) is 13.9. The van der Waals surface area contributed by atoms with E-state index in [1.165, 1.54) is 16.7 Å². The summed E-state index contributed by atoms with van der Waals surface area (Å²) in [4.78, 5) is 13.6. The van der Waals surface area contributed by atoms with Crippen LogP contribution in [0.4, 0.5) is 0 Å². The van der Waals surface area contributed by atoms with Crippen molar-refractivity contribution in [2.75, 3.05) is 6.54 Å². The van der Waals surface area contributed by atoms with Gasteiger partial charge in [-0.25, -0.2) is 4.79 Å². The molecule has 30 heavy (non-hydrogen) atoms. The highest BCUT2D eigenvalue weighted by Gasteiger charge is 2.24. The second-order valence-electron chi connectivity index (χ2n) is 7.51. The van der Waals surface area contributed by atoms with E-state index in [0.717, 1.165) is 29.9 Å². The lowest BCUT2D eigenvalue weighted by molar-refractivity contribution is 0.0687. The molecule has 1 aliphatic heterocycles. The Labute approximate surface area is 173 Å². The molecule has 3 heterocycles. The van der Waals surface area contributed by atoms with Crippen LogP contribution in [0.2, 0.25) is 0 Å². The van der Waals surface area contributed by atoms with Gasteiger partial charge in [-0.15, -0.1) is 0 Å². The van der Waals surface area contributed by atoms with Crippen molar-refractivity contribution in [3.05, 3.63) is 83.3 Å². The molecule has 2 aromatic carbocycles. The molecule has 150 valence electrons. The molecule has 0 unspecified atom stereocenters. The summed E-state index contributed by atoms with van der Waals surface area (Å²) < 4.78 is 0. The van der Waals surface area contributed by atoms with Gasteiger partial charge in [0.2, 0.25) is 0 Å². The number of nitrogens with one attached hydrogen (secondary N) is 2. The van der Waals surface area contributed by atoms with E-state index in [-0.39, 0.29) is 5.69 Å². The van der Waals surface area contributed by atoms with E-state index >= 15 is 0 Å². The standard InChI is InChI=1S/C23H21N5O2/c29-23(30)22-18(12-24-26-22)13-28-11-10-20-19(14-28)21(27-25-20)17-8-6-16(7-9-17)15-4-2-1-3-5-15/h1-9,12H,10-11,13-14H2,(H,24,26)(H,25,27)(H,29,30). The van der Waals surface area contributed by atoms with E-state index in [0.29, 0.717) is 18.7 Å². The number of H-pyrrole nitrogens is 2. The number of carboxylic acid groups (broad SMARTS) is 1. The Morgan fingerprint density at radius 3 is 2.50 bits per heavy atom. The van der Waals surface area contributed by atoms with Crippen molar-refractivity contribution in [3.63, 3.8) is 0 Å². The van der Waals surface area contributed by atoms with E-state index in [2.05, 4.69) is 61.7 Å². The molecule has 0 saturated heterocycles. The van der Waals surface area contributed by atoms with Crippen molar-refractivity contribution in [1.82, 2.24) is 25.3 Å². The summed E-state index contributed by atoms with van der Waals surface area (Å²) >= 11 is 0. The number of hydrogen-bond donors (Lipinski definition) is 3. The minimum absolute atomic E-state index is 0.157. The van der Waals surface area contributed by atoms with Gasteiger partial charge in [-0.1, -0.05) is 54.6 Å². The second kappa shape index (κ2) is 7.61. The fourth-order valence-corrected chi connectivity index (χ4v) is 4.03. The molecule has 4 aromatic rings. The molecule has 0 spiro atoms. The van der Waals surface area contributed by atoms with Crippen LogP contribution in [-0.4, -0.2) is 42.9 Å². The Balaban J connectivity index is 1.38. The SMILES string of the molecule is O=C(O)c1[nH]ncc1CN1CCc2[nH]nc(-c3ccc(-c4ccccc4)cc3)c2C1. The van der Waals surface area contributed by atoms with Gasteiger partial charge in [-0.3, -0.25) is 15.1 Å². The number of hydrogen-bond acceptors (Lipinski definition) is 4. The summed E-state index contributed by atoms with van der Waals surface area (Å²) in [5.41, 5.74) is 7.57. The van der Waals surface area contributed by atoms with E-state index in [1.54, 1.807) is 6.20 Å². The van der Waals surface area contributed by atoms with Crippen LogP contribution in [0.1, 0.15) is 27.3 Å². The van der Waals surface area contributed by atoms with Crippen LogP contribution in [0.25, 0.3) is 22.4 Å². The average molecular weight is 399 g/mol. The van der Waals surface area contributed by atoms with Crippen molar-refractivity contribution >= 4 is 5.97 Å². The van der Waals surface area contributed by atoms with Crippen molar-refractivity contribution in [1.29, 1.82) is 0 Å². The number of nitrogens with zero attached hydrogens (tertiary/aromatic N) is 3. The third kappa shape index (κ3) is 3.40. The number of fused-ring (bicyclic) bond motifs is 1. The second-order valence-corrected chi connectivity index (χ2v) is 7.51. The van der Waals surface area contributed by atoms with E-state index < -0.39 is 5.97 Å². The number of rotatable bonds is 5. The largest absolute Gasteiger partial charge is 0.477 e. The fraction of sp³-hybridized carbons (Fsp3) is 0.174. The maximum atomic E-state index is 11.3. The zero-order chi connectivity index (χ0) is 20.5. The third-order valence-corrected chi connectivity index (χ3v) is 5.60. The molecule has 2 aromatic heterocycles. The number of aromatic amines is 2. The van der Waals surface area contributed by atoms with Crippen LogP contribution in [0.5, 0.6) is 0 Å². The molecule has 0 radical (unpaired) electrons. The van der Waals surface area contributed by atoms with Crippen LogP contribution in [0.3, 0.4) is 0 Å². The van der Waals surface area contributed by atoms with Crippen LogP contribution in [0.15, 0.2) is 60.8 Å². The molecule has 0 amide bonds. The van der Waals surface area contributed by atoms with Gasteiger partial charge in [-0.05, 0) is 11.1 Å². The third-order valence-electron chi connectivity index (χ3n) is 5.60. The Morgan fingerprint density at radius 1 is 1.00 bits per heavy atom. The lowest BCUT2D eigenvalue weighted by atomic mass is 9.98. The monoisotopic (exact) mass is 399 g/mol. The summed E-state index contributed by atoms with van der Waals surface area (Å²) in [6, 6.07) is 18.8. The molecular weight excluding hydrogens is 378 g/mol. The Bertz CT molecular complexity index is 1180. The number of benzene rings is 2. The molecule has 0 fully saturated rings. The van der Waals surface area contributed by atoms with Gasteiger partial charge in [0.1, 0.15) is 5.69 Å². The average Bonchev–Trinajstić information content (AvgIpc) is 3.41. The summed E-state index contributed by atoms with van der Waals surface area (Å²) in [6.45, 7) is 2.09.